The van der Waals surface area contributed by atoms with Crippen molar-refractivity contribution in [2.75, 3.05) is 0 Å². The Balaban J connectivity index is 1.85. The number of rotatable bonds is 6. The molecule has 0 bridgehead atoms. The van der Waals surface area contributed by atoms with E-state index in [0.717, 1.165) is 16.7 Å². The van der Waals surface area contributed by atoms with Gasteiger partial charge in [-0.3, -0.25) is 0 Å². The minimum atomic E-state index is -3.56. The Morgan fingerprint density at radius 2 is 0.739 bits per heavy atom. The molecule has 3 aromatic carbocycles. The average Bonchev–Trinajstić information content (AvgIpc) is 2.57. The fourth-order valence-electron chi connectivity index (χ4n) is 3.07. The standard InChI is InChI=1S/C21H21FGe/c22-23(16-19-10-4-1-5-11-19,17-20-12-6-2-7-13-20)18-21-14-8-3-9-15-21/h1-15H,16-18H2. The van der Waals surface area contributed by atoms with E-state index in [4.69, 9.17) is 0 Å². The molecule has 2 heteroatoms. The number of hydrogen-bond acceptors (Lipinski definition) is 0. The van der Waals surface area contributed by atoms with Crippen LogP contribution in [0.1, 0.15) is 16.7 Å². The van der Waals surface area contributed by atoms with Crippen LogP contribution in [0, 0.1) is 0 Å². The normalized spacial score (nSPS) is 11.3. The van der Waals surface area contributed by atoms with Gasteiger partial charge in [-0.2, -0.15) is 0 Å². The molecule has 0 aliphatic carbocycles. The third-order valence-corrected chi connectivity index (χ3v) is 10.6. The monoisotopic (exact) mass is 366 g/mol. The van der Waals surface area contributed by atoms with Gasteiger partial charge in [0, 0.05) is 0 Å². The van der Waals surface area contributed by atoms with Gasteiger partial charge in [0.2, 0.25) is 0 Å². The van der Waals surface area contributed by atoms with E-state index in [1.807, 2.05) is 54.6 Å². The van der Waals surface area contributed by atoms with Gasteiger partial charge < -0.3 is 0 Å². The Kier molecular flexibility index (Phi) is 5.29. The van der Waals surface area contributed by atoms with Crippen LogP contribution >= 0.6 is 0 Å². The molecule has 0 aliphatic rings. The van der Waals surface area contributed by atoms with Gasteiger partial charge in [-0.05, 0) is 0 Å². The zero-order valence-corrected chi connectivity index (χ0v) is 15.3. The topological polar surface area (TPSA) is 0 Å². The summed E-state index contributed by atoms with van der Waals surface area (Å²) in [7, 11) is 0. The van der Waals surface area contributed by atoms with E-state index in [2.05, 4.69) is 36.4 Å². The van der Waals surface area contributed by atoms with Gasteiger partial charge in [-0.1, -0.05) is 0 Å². The van der Waals surface area contributed by atoms with Crippen molar-refractivity contribution in [3.05, 3.63) is 108 Å². The number of hydrogen-bond donors (Lipinski definition) is 0. The van der Waals surface area contributed by atoms with E-state index >= 15 is 3.50 Å². The summed E-state index contributed by atoms with van der Waals surface area (Å²) < 4.78 is 16.0. The van der Waals surface area contributed by atoms with Crippen molar-refractivity contribution in [1.82, 2.24) is 0 Å². The third-order valence-electron chi connectivity index (χ3n) is 4.09. The molecule has 0 saturated carbocycles. The quantitative estimate of drug-likeness (QED) is 0.524. The summed E-state index contributed by atoms with van der Waals surface area (Å²) in [6.45, 7) is 0. The molecule has 0 fully saturated rings. The molecule has 0 saturated heterocycles. The molecule has 0 amide bonds. The van der Waals surface area contributed by atoms with Crippen molar-refractivity contribution in [3.8, 4) is 0 Å². The summed E-state index contributed by atoms with van der Waals surface area (Å²) in [5, 5.41) is 1.85. The molecule has 0 unspecified atom stereocenters. The first-order valence-corrected chi connectivity index (χ1v) is 13.3. The van der Waals surface area contributed by atoms with E-state index < -0.39 is 13.7 Å². The molecule has 0 heterocycles. The molecular weight excluding hydrogens is 344 g/mol. The Hall–Kier alpha value is -1.87. The van der Waals surface area contributed by atoms with Crippen molar-refractivity contribution < 1.29 is 3.50 Å². The molecule has 3 rings (SSSR count). The fourth-order valence-corrected chi connectivity index (χ4v) is 9.95. The summed E-state index contributed by atoms with van der Waals surface area (Å²) in [6.07, 6.45) is 0. The fraction of sp³-hybridized carbons (Fsp3) is 0.143. The number of benzene rings is 3. The maximum atomic E-state index is 16.0. The van der Waals surface area contributed by atoms with Crippen LogP contribution in [0.25, 0.3) is 0 Å². The molecule has 116 valence electrons. The second kappa shape index (κ2) is 7.60. The summed E-state index contributed by atoms with van der Waals surface area (Å²) in [4.78, 5) is 0. The Bertz CT molecular complexity index is 609. The predicted molar refractivity (Wildman–Crippen MR) is 97.3 cm³/mol. The van der Waals surface area contributed by atoms with Gasteiger partial charge in [0.05, 0.1) is 0 Å². The summed E-state index contributed by atoms with van der Waals surface area (Å²) in [6, 6.07) is 30.3. The van der Waals surface area contributed by atoms with Gasteiger partial charge in [-0.25, -0.2) is 0 Å². The van der Waals surface area contributed by atoms with Gasteiger partial charge in [-0.15, -0.1) is 0 Å². The summed E-state index contributed by atoms with van der Waals surface area (Å²) in [5.41, 5.74) is 3.38. The van der Waals surface area contributed by atoms with Crippen LogP contribution in [0.2, 0.25) is 0 Å². The Labute approximate surface area is 140 Å². The van der Waals surface area contributed by atoms with E-state index in [1.54, 1.807) is 0 Å². The Morgan fingerprint density at radius 3 is 1.00 bits per heavy atom. The first kappa shape index (κ1) is 16.0. The average molecular weight is 365 g/mol. The zero-order chi connectivity index (χ0) is 16.0. The molecule has 0 aromatic heterocycles. The van der Waals surface area contributed by atoms with Gasteiger partial charge in [0.15, 0.2) is 0 Å². The molecule has 0 N–H and O–H groups in total. The van der Waals surface area contributed by atoms with Crippen molar-refractivity contribution in [1.29, 1.82) is 0 Å². The van der Waals surface area contributed by atoms with Crippen LogP contribution in [0.4, 0.5) is 3.50 Å². The van der Waals surface area contributed by atoms with E-state index in [0.29, 0.717) is 15.8 Å². The van der Waals surface area contributed by atoms with Crippen LogP contribution in [0.5, 0.6) is 0 Å². The van der Waals surface area contributed by atoms with Crippen LogP contribution in [-0.2, 0) is 15.8 Å². The SMILES string of the molecule is [F][Ge]([CH2]c1ccccc1)([CH2]c1ccccc1)[CH2]c1ccccc1. The predicted octanol–water partition coefficient (Wildman–Crippen LogP) is 5.25. The molecular formula is C21H21FGe. The second-order valence-electron chi connectivity index (χ2n) is 6.14. The van der Waals surface area contributed by atoms with Crippen LogP contribution in [-0.4, -0.2) is 13.7 Å². The zero-order valence-electron chi connectivity index (χ0n) is 13.2. The van der Waals surface area contributed by atoms with Crippen molar-refractivity contribution in [3.63, 3.8) is 0 Å². The molecule has 3 aromatic rings. The van der Waals surface area contributed by atoms with Crippen molar-refractivity contribution in [2.24, 2.45) is 0 Å². The van der Waals surface area contributed by atoms with E-state index in [1.165, 1.54) is 0 Å². The molecule has 0 atom stereocenters. The molecule has 0 radical (unpaired) electrons. The van der Waals surface area contributed by atoms with Crippen LogP contribution in [0.3, 0.4) is 0 Å². The van der Waals surface area contributed by atoms with Crippen molar-refractivity contribution in [2.45, 2.75) is 15.8 Å². The van der Waals surface area contributed by atoms with Crippen molar-refractivity contribution >= 4 is 13.7 Å². The minimum absolute atomic E-state index is 0.616. The summed E-state index contributed by atoms with van der Waals surface area (Å²) >= 11 is -3.56. The first-order chi connectivity index (χ1) is 11.2. The molecule has 23 heavy (non-hydrogen) atoms. The molecule has 0 nitrogen and oxygen atoms in total. The van der Waals surface area contributed by atoms with E-state index in [9.17, 15) is 0 Å². The Morgan fingerprint density at radius 1 is 0.478 bits per heavy atom. The first-order valence-electron chi connectivity index (χ1n) is 8.04. The maximum absolute atomic E-state index is 16.0. The van der Waals surface area contributed by atoms with E-state index in [-0.39, 0.29) is 0 Å². The second-order valence-corrected chi connectivity index (χ2v) is 13.2. The van der Waals surface area contributed by atoms with Crippen LogP contribution in [0.15, 0.2) is 91.0 Å². The molecule has 0 aliphatic heterocycles. The molecule has 0 spiro atoms. The van der Waals surface area contributed by atoms with Crippen LogP contribution < -0.4 is 0 Å². The van der Waals surface area contributed by atoms with Gasteiger partial charge >= 0.3 is 141 Å². The van der Waals surface area contributed by atoms with Gasteiger partial charge in [0.1, 0.15) is 0 Å². The number of halogens is 1. The summed E-state index contributed by atoms with van der Waals surface area (Å²) in [5.74, 6) is 0. The van der Waals surface area contributed by atoms with Gasteiger partial charge in [0.25, 0.3) is 0 Å². The third kappa shape index (κ3) is 4.80.